The van der Waals surface area contributed by atoms with Gasteiger partial charge in [0.15, 0.2) is 0 Å². The highest BCUT2D eigenvalue weighted by molar-refractivity contribution is 6.31. The van der Waals surface area contributed by atoms with E-state index < -0.39 is 0 Å². The number of aliphatic hydroxyl groups is 1. The number of nitrogens with zero attached hydrogens (tertiary/aromatic N) is 2. The normalized spacial score (nSPS) is 12.9. The van der Waals surface area contributed by atoms with E-state index in [9.17, 15) is 5.11 Å². The molecular formula is C13H23ClN2O2. The molecule has 1 heterocycles. The predicted molar refractivity (Wildman–Crippen MR) is 73.1 cm³/mol. The van der Waals surface area contributed by atoms with Gasteiger partial charge in [0.25, 0.3) is 0 Å². The molecule has 5 heteroatoms. The third kappa shape index (κ3) is 4.26. The second-order valence-corrected chi connectivity index (χ2v) is 4.74. The molecule has 0 saturated carbocycles. The van der Waals surface area contributed by atoms with E-state index in [2.05, 4.69) is 5.10 Å². The summed E-state index contributed by atoms with van der Waals surface area (Å²) in [7, 11) is 0. The molecule has 18 heavy (non-hydrogen) atoms. The smallest absolute Gasteiger partial charge is 0.0848 e. The lowest BCUT2D eigenvalue weighted by molar-refractivity contribution is 0.113. The van der Waals surface area contributed by atoms with Crippen LogP contribution in [0, 0.1) is 6.92 Å². The van der Waals surface area contributed by atoms with Crippen molar-refractivity contribution in [3.63, 3.8) is 0 Å². The molecule has 0 aliphatic heterocycles. The van der Waals surface area contributed by atoms with Crippen LogP contribution in [-0.2, 0) is 17.7 Å². The van der Waals surface area contributed by atoms with Gasteiger partial charge >= 0.3 is 0 Å². The fourth-order valence-electron chi connectivity index (χ4n) is 1.95. The van der Waals surface area contributed by atoms with Crippen molar-refractivity contribution in [2.75, 3.05) is 13.2 Å². The van der Waals surface area contributed by atoms with Gasteiger partial charge in [-0.2, -0.15) is 5.10 Å². The number of aryl methyl sites for hydroxylation is 2. The van der Waals surface area contributed by atoms with Crippen molar-refractivity contribution in [1.29, 1.82) is 0 Å². The standard InChI is InChI=1S/C13H23ClN2O2/c1-4-16-12(13(14)10(3)15-16)9-11(17)7-6-8-18-5-2/h11,17H,4-9H2,1-3H3. The lowest BCUT2D eigenvalue weighted by Gasteiger charge is -2.12. The van der Waals surface area contributed by atoms with Gasteiger partial charge in [0.05, 0.1) is 22.5 Å². The maximum atomic E-state index is 10.0. The number of hydrogen-bond acceptors (Lipinski definition) is 3. The third-order valence-corrected chi connectivity index (χ3v) is 3.40. The van der Waals surface area contributed by atoms with E-state index in [1.165, 1.54) is 0 Å². The van der Waals surface area contributed by atoms with Gasteiger partial charge < -0.3 is 9.84 Å². The highest BCUT2D eigenvalue weighted by Gasteiger charge is 2.16. The molecule has 0 spiro atoms. The molecule has 0 radical (unpaired) electrons. The Balaban J connectivity index is 2.50. The second-order valence-electron chi connectivity index (χ2n) is 4.36. The largest absolute Gasteiger partial charge is 0.393 e. The quantitative estimate of drug-likeness (QED) is 0.741. The summed E-state index contributed by atoms with van der Waals surface area (Å²) in [5.74, 6) is 0. The van der Waals surface area contributed by atoms with Crippen molar-refractivity contribution in [3.05, 3.63) is 16.4 Å². The third-order valence-electron chi connectivity index (χ3n) is 2.91. The lowest BCUT2D eigenvalue weighted by Crippen LogP contribution is -2.15. The summed E-state index contributed by atoms with van der Waals surface area (Å²) >= 11 is 6.20. The number of hydrogen-bond donors (Lipinski definition) is 1. The van der Waals surface area contributed by atoms with Gasteiger partial charge in [-0.05, 0) is 33.6 Å². The summed E-state index contributed by atoms with van der Waals surface area (Å²) in [5, 5.41) is 15.0. The Bertz CT molecular complexity index is 366. The first-order valence-corrected chi connectivity index (χ1v) is 6.95. The van der Waals surface area contributed by atoms with E-state index in [1.807, 2.05) is 25.5 Å². The van der Waals surface area contributed by atoms with Crippen LogP contribution in [-0.4, -0.2) is 34.2 Å². The molecule has 0 amide bonds. The molecule has 0 bridgehead atoms. The fraction of sp³-hybridized carbons (Fsp3) is 0.769. The first-order chi connectivity index (χ1) is 8.60. The maximum Gasteiger partial charge on any atom is 0.0848 e. The van der Waals surface area contributed by atoms with E-state index >= 15 is 0 Å². The van der Waals surface area contributed by atoms with Crippen LogP contribution in [0.5, 0.6) is 0 Å². The highest BCUT2D eigenvalue weighted by Crippen LogP contribution is 2.22. The summed E-state index contributed by atoms with van der Waals surface area (Å²) < 4.78 is 7.12. The minimum Gasteiger partial charge on any atom is -0.393 e. The van der Waals surface area contributed by atoms with E-state index in [4.69, 9.17) is 16.3 Å². The van der Waals surface area contributed by atoms with Gasteiger partial charge in [-0.25, -0.2) is 0 Å². The van der Waals surface area contributed by atoms with Crippen LogP contribution < -0.4 is 0 Å². The number of halogens is 1. The maximum absolute atomic E-state index is 10.0. The molecule has 4 nitrogen and oxygen atoms in total. The van der Waals surface area contributed by atoms with E-state index in [-0.39, 0.29) is 6.10 Å². The molecule has 1 aromatic heterocycles. The van der Waals surface area contributed by atoms with Crippen molar-refractivity contribution < 1.29 is 9.84 Å². The number of aliphatic hydroxyl groups excluding tert-OH is 1. The Morgan fingerprint density at radius 2 is 2.17 bits per heavy atom. The molecule has 0 aliphatic carbocycles. The molecule has 1 rings (SSSR count). The molecular weight excluding hydrogens is 252 g/mol. The lowest BCUT2D eigenvalue weighted by atomic mass is 10.1. The van der Waals surface area contributed by atoms with Crippen molar-refractivity contribution in [2.24, 2.45) is 0 Å². The van der Waals surface area contributed by atoms with E-state index in [0.717, 1.165) is 37.4 Å². The number of rotatable bonds is 8. The summed E-state index contributed by atoms with van der Waals surface area (Å²) in [6.07, 6.45) is 1.76. The minimum atomic E-state index is -0.385. The van der Waals surface area contributed by atoms with E-state index in [0.29, 0.717) is 18.1 Å². The molecule has 1 aromatic rings. The fourth-order valence-corrected chi connectivity index (χ4v) is 2.17. The zero-order valence-corrected chi connectivity index (χ0v) is 12.2. The predicted octanol–water partition coefficient (Wildman–Crippen LogP) is 2.58. The van der Waals surface area contributed by atoms with Gasteiger partial charge in [-0.3, -0.25) is 4.68 Å². The van der Waals surface area contributed by atoms with Crippen LogP contribution in [0.3, 0.4) is 0 Å². The average molecular weight is 275 g/mol. The molecule has 1 atom stereocenters. The first-order valence-electron chi connectivity index (χ1n) is 6.57. The van der Waals surface area contributed by atoms with Crippen molar-refractivity contribution in [1.82, 2.24) is 9.78 Å². The zero-order chi connectivity index (χ0) is 13.5. The van der Waals surface area contributed by atoms with Gasteiger partial charge in [-0.15, -0.1) is 0 Å². The molecule has 1 N–H and O–H groups in total. The van der Waals surface area contributed by atoms with Crippen LogP contribution >= 0.6 is 11.6 Å². The van der Waals surface area contributed by atoms with Crippen LogP contribution in [0.1, 0.15) is 38.1 Å². The van der Waals surface area contributed by atoms with Crippen LogP contribution in [0.25, 0.3) is 0 Å². The van der Waals surface area contributed by atoms with Crippen LogP contribution in [0.4, 0.5) is 0 Å². The van der Waals surface area contributed by atoms with Gasteiger partial charge in [0.2, 0.25) is 0 Å². The summed E-state index contributed by atoms with van der Waals surface area (Å²) in [5.41, 5.74) is 1.76. The first kappa shape index (κ1) is 15.5. The highest BCUT2D eigenvalue weighted by atomic mass is 35.5. The molecule has 0 fully saturated rings. The van der Waals surface area contributed by atoms with Crippen LogP contribution in [0.15, 0.2) is 0 Å². The Morgan fingerprint density at radius 1 is 1.44 bits per heavy atom. The molecule has 0 aliphatic rings. The Labute approximate surface area is 114 Å². The topological polar surface area (TPSA) is 47.3 Å². The Hall–Kier alpha value is -0.580. The molecule has 0 aromatic carbocycles. The van der Waals surface area contributed by atoms with Gasteiger partial charge in [0, 0.05) is 26.2 Å². The number of ether oxygens (including phenoxy) is 1. The SMILES string of the molecule is CCOCCCC(O)Cc1c(Cl)c(C)nn1CC. The summed E-state index contributed by atoms with van der Waals surface area (Å²) in [4.78, 5) is 0. The van der Waals surface area contributed by atoms with Crippen molar-refractivity contribution in [3.8, 4) is 0 Å². The molecule has 104 valence electrons. The minimum absolute atomic E-state index is 0.385. The molecule has 0 saturated heterocycles. The van der Waals surface area contributed by atoms with Gasteiger partial charge in [-0.1, -0.05) is 11.6 Å². The number of aromatic nitrogens is 2. The van der Waals surface area contributed by atoms with E-state index in [1.54, 1.807) is 0 Å². The van der Waals surface area contributed by atoms with Crippen molar-refractivity contribution >= 4 is 11.6 Å². The monoisotopic (exact) mass is 274 g/mol. The second kappa shape index (κ2) is 7.77. The van der Waals surface area contributed by atoms with Crippen molar-refractivity contribution in [2.45, 2.75) is 52.7 Å². The zero-order valence-electron chi connectivity index (χ0n) is 11.4. The molecule has 1 unspecified atom stereocenters. The Morgan fingerprint density at radius 3 is 2.78 bits per heavy atom. The van der Waals surface area contributed by atoms with Crippen LogP contribution in [0.2, 0.25) is 5.02 Å². The average Bonchev–Trinajstić information content (AvgIpc) is 2.62. The summed E-state index contributed by atoms with van der Waals surface area (Å²) in [6.45, 7) is 8.08. The summed E-state index contributed by atoms with van der Waals surface area (Å²) in [6, 6.07) is 0. The Kier molecular flexibility index (Phi) is 6.68. The van der Waals surface area contributed by atoms with Gasteiger partial charge in [0.1, 0.15) is 0 Å².